The van der Waals surface area contributed by atoms with Gasteiger partial charge in [-0.15, -0.1) is 0 Å². The molecule has 4 N–H and O–H groups in total. The molecule has 1 atom stereocenters. The van der Waals surface area contributed by atoms with Crippen LogP contribution in [0.3, 0.4) is 0 Å². The van der Waals surface area contributed by atoms with E-state index < -0.39 is 5.41 Å². The number of aryl methyl sites for hydroxylation is 2. The van der Waals surface area contributed by atoms with Gasteiger partial charge in [0, 0.05) is 42.3 Å². The van der Waals surface area contributed by atoms with E-state index in [1.54, 1.807) is 0 Å². The van der Waals surface area contributed by atoms with Gasteiger partial charge in [-0.25, -0.2) is 0 Å². The van der Waals surface area contributed by atoms with Gasteiger partial charge in [-0.1, -0.05) is 0 Å². The van der Waals surface area contributed by atoms with Crippen LogP contribution in [0.2, 0.25) is 0 Å². The number of primary amides is 1. The Morgan fingerprint density at radius 2 is 2.21 bits per heavy atom. The molecule has 5 heteroatoms. The van der Waals surface area contributed by atoms with Crippen molar-refractivity contribution in [3.8, 4) is 0 Å². The maximum absolute atomic E-state index is 11.5. The first-order chi connectivity index (χ1) is 8.87. The second-order valence-electron chi connectivity index (χ2n) is 5.65. The maximum Gasteiger partial charge on any atom is 0.225 e. The van der Waals surface area contributed by atoms with Crippen LogP contribution in [-0.4, -0.2) is 24.0 Å². The fourth-order valence-electron chi connectivity index (χ4n) is 2.74. The normalized spacial score (nSPS) is 22.8. The minimum absolute atomic E-state index is 0.230. The van der Waals surface area contributed by atoms with Crippen LogP contribution in [0.5, 0.6) is 0 Å². The van der Waals surface area contributed by atoms with Crippen LogP contribution in [0, 0.1) is 19.3 Å². The quantitative estimate of drug-likeness (QED) is 0.846. The maximum atomic E-state index is 11.5. The van der Waals surface area contributed by atoms with Crippen molar-refractivity contribution < 1.29 is 4.79 Å². The monoisotopic (exact) mass is 262 g/mol. The summed E-state index contributed by atoms with van der Waals surface area (Å²) in [6, 6.07) is 2.04. The van der Waals surface area contributed by atoms with E-state index in [-0.39, 0.29) is 5.91 Å². The van der Waals surface area contributed by atoms with Gasteiger partial charge in [-0.2, -0.15) is 0 Å². The van der Waals surface area contributed by atoms with Gasteiger partial charge >= 0.3 is 0 Å². The molecule has 1 aromatic heterocycles. The molecular formula is C14H22N4O. The summed E-state index contributed by atoms with van der Waals surface area (Å²) in [5.74, 6) is -0.230. The summed E-state index contributed by atoms with van der Waals surface area (Å²) in [6.07, 6.45) is 0.784. The van der Waals surface area contributed by atoms with Gasteiger partial charge in [-0.3, -0.25) is 9.78 Å². The zero-order valence-electron chi connectivity index (χ0n) is 11.9. The molecule has 0 aliphatic carbocycles. The summed E-state index contributed by atoms with van der Waals surface area (Å²) in [4.78, 5) is 18.2. The van der Waals surface area contributed by atoms with E-state index in [4.69, 9.17) is 11.5 Å². The average Bonchev–Trinajstić information content (AvgIpc) is 2.72. The third-order valence-electron chi connectivity index (χ3n) is 4.05. The molecule has 1 aromatic rings. The van der Waals surface area contributed by atoms with Gasteiger partial charge in [0.25, 0.3) is 0 Å². The zero-order valence-corrected chi connectivity index (χ0v) is 11.9. The van der Waals surface area contributed by atoms with Gasteiger partial charge < -0.3 is 16.4 Å². The molecule has 2 rings (SSSR count). The van der Waals surface area contributed by atoms with Crippen LogP contribution in [0.15, 0.2) is 6.07 Å². The van der Waals surface area contributed by atoms with E-state index in [1.807, 2.05) is 26.8 Å². The Labute approximate surface area is 114 Å². The molecule has 0 aromatic carbocycles. The minimum atomic E-state index is -0.447. The first-order valence-electron chi connectivity index (χ1n) is 6.59. The number of anilines is 1. The molecule has 1 unspecified atom stereocenters. The van der Waals surface area contributed by atoms with Gasteiger partial charge in [-0.05, 0) is 33.3 Å². The van der Waals surface area contributed by atoms with E-state index in [0.717, 1.165) is 35.6 Å². The molecule has 0 bridgehead atoms. The second-order valence-corrected chi connectivity index (χ2v) is 5.65. The molecule has 2 heterocycles. The highest BCUT2D eigenvalue weighted by molar-refractivity contribution is 5.82. The van der Waals surface area contributed by atoms with Crippen molar-refractivity contribution in [1.29, 1.82) is 0 Å². The lowest BCUT2D eigenvalue weighted by molar-refractivity contribution is -0.125. The topological polar surface area (TPSA) is 85.2 Å². The molecular weight excluding hydrogens is 240 g/mol. The molecule has 1 amide bonds. The largest absolute Gasteiger partial charge is 0.370 e. The number of rotatable bonds is 3. The Morgan fingerprint density at radius 3 is 2.74 bits per heavy atom. The van der Waals surface area contributed by atoms with E-state index in [2.05, 4.69) is 9.88 Å². The zero-order chi connectivity index (χ0) is 14.2. The Hall–Kier alpha value is -1.62. The number of nitrogens with two attached hydrogens (primary N) is 2. The van der Waals surface area contributed by atoms with Crippen LogP contribution in [-0.2, 0) is 11.3 Å². The smallest absolute Gasteiger partial charge is 0.225 e. The summed E-state index contributed by atoms with van der Waals surface area (Å²) in [5.41, 5.74) is 15.0. The molecule has 1 aliphatic heterocycles. The van der Waals surface area contributed by atoms with E-state index in [9.17, 15) is 4.79 Å². The number of carbonyl (C=O) groups is 1. The summed E-state index contributed by atoms with van der Waals surface area (Å²) in [5, 5.41) is 0. The SMILES string of the molecule is Cc1cc(N2CCC(C)(C(N)=O)C2)c(CN)c(C)n1. The number of aromatic nitrogens is 1. The predicted octanol–water partition coefficient (Wildman–Crippen LogP) is 0.859. The van der Waals surface area contributed by atoms with Crippen molar-refractivity contribution in [2.75, 3.05) is 18.0 Å². The highest BCUT2D eigenvalue weighted by Crippen LogP contribution is 2.35. The lowest BCUT2D eigenvalue weighted by atomic mass is 9.89. The molecule has 0 saturated carbocycles. The minimum Gasteiger partial charge on any atom is -0.370 e. The van der Waals surface area contributed by atoms with Crippen LogP contribution in [0.25, 0.3) is 0 Å². The molecule has 19 heavy (non-hydrogen) atoms. The standard InChI is InChI=1S/C14H22N4O/c1-9-6-12(11(7-15)10(2)17-9)18-5-4-14(3,8-18)13(16)19/h6H,4-5,7-8,15H2,1-3H3,(H2,16,19). The Morgan fingerprint density at radius 1 is 1.53 bits per heavy atom. The number of nitrogens with zero attached hydrogens (tertiary/aromatic N) is 2. The summed E-state index contributed by atoms with van der Waals surface area (Å²) < 4.78 is 0. The van der Waals surface area contributed by atoms with Crippen molar-refractivity contribution in [2.24, 2.45) is 16.9 Å². The number of pyridine rings is 1. The molecule has 1 fully saturated rings. The fraction of sp³-hybridized carbons (Fsp3) is 0.571. The van der Waals surface area contributed by atoms with Crippen LogP contribution >= 0.6 is 0 Å². The third kappa shape index (κ3) is 2.42. The first-order valence-corrected chi connectivity index (χ1v) is 6.59. The number of amides is 1. The lowest BCUT2D eigenvalue weighted by Crippen LogP contribution is -2.37. The van der Waals surface area contributed by atoms with Crippen molar-refractivity contribution in [3.05, 3.63) is 23.0 Å². The highest BCUT2D eigenvalue weighted by atomic mass is 16.1. The van der Waals surface area contributed by atoms with Crippen molar-refractivity contribution in [2.45, 2.75) is 33.7 Å². The first kappa shape index (κ1) is 13.8. The van der Waals surface area contributed by atoms with Crippen LogP contribution in [0.1, 0.15) is 30.3 Å². The average molecular weight is 262 g/mol. The summed E-state index contributed by atoms with van der Waals surface area (Å²) in [6.45, 7) is 7.81. The summed E-state index contributed by atoms with van der Waals surface area (Å²) >= 11 is 0. The third-order valence-corrected chi connectivity index (χ3v) is 4.05. The van der Waals surface area contributed by atoms with Gasteiger partial charge in [0.15, 0.2) is 0 Å². The molecule has 0 spiro atoms. The lowest BCUT2D eigenvalue weighted by Gasteiger charge is -2.25. The van der Waals surface area contributed by atoms with Crippen LogP contribution < -0.4 is 16.4 Å². The summed E-state index contributed by atoms with van der Waals surface area (Å²) in [7, 11) is 0. The Balaban J connectivity index is 2.36. The Kier molecular flexibility index (Phi) is 3.49. The fourth-order valence-corrected chi connectivity index (χ4v) is 2.74. The van der Waals surface area contributed by atoms with Crippen molar-refractivity contribution >= 4 is 11.6 Å². The van der Waals surface area contributed by atoms with Gasteiger partial charge in [0.05, 0.1) is 5.41 Å². The van der Waals surface area contributed by atoms with Crippen molar-refractivity contribution in [1.82, 2.24) is 4.98 Å². The van der Waals surface area contributed by atoms with Gasteiger partial charge in [0.1, 0.15) is 0 Å². The van der Waals surface area contributed by atoms with E-state index >= 15 is 0 Å². The molecule has 0 radical (unpaired) electrons. The van der Waals surface area contributed by atoms with Crippen molar-refractivity contribution in [3.63, 3.8) is 0 Å². The Bertz CT molecular complexity index is 514. The molecule has 5 nitrogen and oxygen atoms in total. The van der Waals surface area contributed by atoms with E-state index in [1.165, 1.54) is 0 Å². The molecule has 1 saturated heterocycles. The number of hydrogen-bond donors (Lipinski definition) is 2. The van der Waals surface area contributed by atoms with Crippen LogP contribution in [0.4, 0.5) is 5.69 Å². The molecule has 104 valence electrons. The predicted molar refractivity (Wildman–Crippen MR) is 75.7 cm³/mol. The van der Waals surface area contributed by atoms with Gasteiger partial charge in [0.2, 0.25) is 5.91 Å². The number of hydrogen-bond acceptors (Lipinski definition) is 4. The second kappa shape index (κ2) is 4.81. The molecule has 1 aliphatic rings. The number of carbonyl (C=O) groups excluding carboxylic acids is 1. The van der Waals surface area contributed by atoms with E-state index in [0.29, 0.717) is 13.1 Å². The highest BCUT2D eigenvalue weighted by Gasteiger charge is 2.39.